The summed E-state index contributed by atoms with van der Waals surface area (Å²) in [5, 5.41) is 2.51. The smallest absolute Gasteiger partial charge is 0.397 e. The highest BCUT2D eigenvalue weighted by Crippen LogP contribution is 2.34. The van der Waals surface area contributed by atoms with Crippen molar-refractivity contribution < 1.29 is 23.8 Å². The van der Waals surface area contributed by atoms with E-state index in [1.54, 1.807) is 19.1 Å². The van der Waals surface area contributed by atoms with Crippen molar-refractivity contribution in [2.45, 2.75) is 6.92 Å². The zero-order valence-electron chi connectivity index (χ0n) is 16.4. The number of anilines is 1. The van der Waals surface area contributed by atoms with Gasteiger partial charge in [0.15, 0.2) is 11.5 Å². The highest BCUT2D eigenvalue weighted by atomic mass is 16.6. The van der Waals surface area contributed by atoms with Gasteiger partial charge in [0.1, 0.15) is 13.2 Å². The first-order valence-corrected chi connectivity index (χ1v) is 9.59. The van der Waals surface area contributed by atoms with Gasteiger partial charge >= 0.3 is 11.9 Å². The predicted molar refractivity (Wildman–Crippen MR) is 111 cm³/mol. The van der Waals surface area contributed by atoms with E-state index in [1.807, 2.05) is 48.5 Å². The lowest BCUT2D eigenvalue weighted by Gasteiger charge is -2.18. The van der Waals surface area contributed by atoms with Crippen LogP contribution < -0.4 is 14.8 Å². The van der Waals surface area contributed by atoms with Gasteiger partial charge in [-0.05, 0) is 49.4 Å². The second-order valence-electron chi connectivity index (χ2n) is 6.52. The molecule has 1 aliphatic rings. The minimum Gasteiger partial charge on any atom is -0.486 e. The van der Waals surface area contributed by atoms with Gasteiger partial charge in [0.25, 0.3) is 0 Å². The molecule has 30 heavy (non-hydrogen) atoms. The topological polar surface area (TPSA) is 86.8 Å². The quantitative estimate of drug-likeness (QED) is 0.527. The average Bonchev–Trinajstić information content (AvgIpc) is 2.79. The molecule has 2 aromatic carbocycles. The lowest BCUT2D eigenvalue weighted by Crippen LogP contribution is -2.24. The molecule has 0 saturated heterocycles. The molecule has 1 aliphatic heterocycles. The number of aromatic nitrogens is 1. The molecule has 152 valence electrons. The number of ether oxygens (including phenoxy) is 3. The molecule has 0 saturated carbocycles. The van der Waals surface area contributed by atoms with Crippen molar-refractivity contribution in [3.8, 4) is 34.0 Å². The number of hydrogen-bond acceptors (Lipinski definition) is 6. The Bertz CT molecular complexity index is 1080. The molecule has 0 fully saturated rings. The molecular formula is C23H20N2O5. The first-order valence-electron chi connectivity index (χ1n) is 9.59. The summed E-state index contributed by atoms with van der Waals surface area (Å²) in [6.45, 7) is 2.88. The minimum absolute atomic E-state index is 0.149. The lowest BCUT2D eigenvalue weighted by atomic mass is 10.1. The standard InChI is InChI=1S/C23H20N2O5/c1-2-28-23(27)22(26)24-17-9-6-15(7-10-17)18-4-3-5-19(25-18)16-8-11-20-21(14-16)30-13-12-29-20/h3-11,14H,2,12-13H2,1H3,(H,24,26). The molecule has 3 aromatic rings. The van der Waals surface area contributed by atoms with Crippen molar-refractivity contribution >= 4 is 17.6 Å². The number of hydrogen-bond donors (Lipinski definition) is 1. The van der Waals surface area contributed by atoms with Gasteiger partial charge in [-0.15, -0.1) is 0 Å². The van der Waals surface area contributed by atoms with Crippen molar-refractivity contribution in [1.29, 1.82) is 0 Å². The van der Waals surface area contributed by atoms with Crippen molar-refractivity contribution in [2.24, 2.45) is 0 Å². The molecule has 0 spiro atoms. The molecule has 1 N–H and O–H groups in total. The Morgan fingerprint density at radius 2 is 1.60 bits per heavy atom. The number of nitrogens with zero attached hydrogens (tertiary/aromatic N) is 1. The van der Waals surface area contributed by atoms with Crippen molar-refractivity contribution in [3.05, 3.63) is 60.7 Å². The summed E-state index contributed by atoms with van der Waals surface area (Å²) < 4.78 is 15.9. The van der Waals surface area contributed by atoms with Crippen LogP contribution in [-0.2, 0) is 14.3 Å². The van der Waals surface area contributed by atoms with Crippen LogP contribution in [0.1, 0.15) is 6.92 Å². The Kier molecular flexibility index (Phi) is 5.61. The Labute approximate surface area is 173 Å². The lowest BCUT2D eigenvalue weighted by molar-refractivity contribution is -0.152. The van der Waals surface area contributed by atoms with Crippen LogP contribution >= 0.6 is 0 Å². The molecule has 0 atom stereocenters. The van der Waals surface area contributed by atoms with Crippen LogP contribution in [0.3, 0.4) is 0 Å². The van der Waals surface area contributed by atoms with Crippen LogP contribution in [0, 0.1) is 0 Å². The fourth-order valence-corrected chi connectivity index (χ4v) is 3.06. The maximum Gasteiger partial charge on any atom is 0.397 e. The number of fused-ring (bicyclic) bond motifs is 1. The summed E-state index contributed by atoms with van der Waals surface area (Å²) in [5.74, 6) is -0.257. The molecule has 7 heteroatoms. The molecule has 0 radical (unpaired) electrons. The van der Waals surface area contributed by atoms with Gasteiger partial charge in [-0.25, -0.2) is 9.78 Å². The van der Waals surface area contributed by atoms with E-state index in [0.29, 0.717) is 24.7 Å². The first kappa shape index (κ1) is 19.4. The number of amides is 1. The number of esters is 1. The third-order valence-electron chi connectivity index (χ3n) is 4.49. The van der Waals surface area contributed by atoms with Crippen LogP contribution in [0.4, 0.5) is 5.69 Å². The van der Waals surface area contributed by atoms with Gasteiger partial charge in [-0.2, -0.15) is 0 Å². The minimum atomic E-state index is -0.907. The number of carbonyl (C=O) groups is 2. The van der Waals surface area contributed by atoms with Crippen LogP contribution in [0.25, 0.3) is 22.5 Å². The first-order chi connectivity index (χ1) is 14.6. The Morgan fingerprint density at radius 3 is 2.33 bits per heavy atom. The van der Waals surface area contributed by atoms with Crippen LogP contribution in [0.5, 0.6) is 11.5 Å². The van der Waals surface area contributed by atoms with Gasteiger partial charge in [-0.1, -0.05) is 18.2 Å². The summed E-state index contributed by atoms with van der Waals surface area (Å²) in [4.78, 5) is 27.9. The summed E-state index contributed by atoms with van der Waals surface area (Å²) in [6, 6.07) is 18.6. The number of pyridine rings is 1. The van der Waals surface area contributed by atoms with Gasteiger partial charge in [0, 0.05) is 16.8 Å². The van der Waals surface area contributed by atoms with Crippen LogP contribution in [0.15, 0.2) is 60.7 Å². The Hall–Kier alpha value is -3.87. The van der Waals surface area contributed by atoms with E-state index >= 15 is 0 Å². The van der Waals surface area contributed by atoms with Crippen molar-refractivity contribution in [1.82, 2.24) is 4.98 Å². The van der Waals surface area contributed by atoms with Crippen molar-refractivity contribution in [2.75, 3.05) is 25.1 Å². The maximum atomic E-state index is 11.7. The molecule has 0 unspecified atom stereocenters. The summed E-state index contributed by atoms with van der Waals surface area (Å²) in [7, 11) is 0. The number of benzene rings is 2. The number of nitrogens with one attached hydrogen (secondary N) is 1. The zero-order chi connectivity index (χ0) is 20.9. The molecule has 4 rings (SSSR count). The molecule has 0 bridgehead atoms. The molecule has 0 aliphatic carbocycles. The summed E-state index contributed by atoms with van der Waals surface area (Å²) in [5.41, 5.74) is 3.90. The van der Waals surface area contributed by atoms with Gasteiger partial charge in [-0.3, -0.25) is 4.79 Å². The van der Waals surface area contributed by atoms with Crippen LogP contribution in [-0.4, -0.2) is 36.7 Å². The SMILES string of the molecule is CCOC(=O)C(=O)Nc1ccc(-c2cccc(-c3ccc4c(c3)OCCO4)n2)cc1. The average molecular weight is 404 g/mol. The third kappa shape index (κ3) is 4.25. The predicted octanol–water partition coefficient (Wildman–Crippen LogP) is 3.69. The monoisotopic (exact) mass is 404 g/mol. The van der Waals surface area contributed by atoms with Crippen molar-refractivity contribution in [3.63, 3.8) is 0 Å². The van der Waals surface area contributed by atoms with E-state index in [1.165, 1.54) is 0 Å². The second kappa shape index (κ2) is 8.65. The molecule has 7 nitrogen and oxygen atoms in total. The highest BCUT2D eigenvalue weighted by molar-refractivity contribution is 6.37. The Morgan fingerprint density at radius 1 is 0.933 bits per heavy atom. The van der Waals surface area contributed by atoms with E-state index in [0.717, 1.165) is 28.3 Å². The van der Waals surface area contributed by atoms with E-state index in [9.17, 15) is 9.59 Å². The number of rotatable bonds is 4. The largest absolute Gasteiger partial charge is 0.486 e. The normalized spacial score (nSPS) is 12.2. The Balaban J connectivity index is 1.53. The molecular weight excluding hydrogens is 384 g/mol. The zero-order valence-corrected chi connectivity index (χ0v) is 16.4. The summed E-state index contributed by atoms with van der Waals surface area (Å²) in [6.07, 6.45) is 0. The molecule has 2 heterocycles. The molecule has 1 amide bonds. The van der Waals surface area contributed by atoms with Gasteiger partial charge in [0.05, 0.1) is 18.0 Å². The van der Waals surface area contributed by atoms with Gasteiger partial charge < -0.3 is 19.5 Å². The maximum absolute atomic E-state index is 11.7. The third-order valence-corrected chi connectivity index (χ3v) is 4.49. The van der Waals surface area contributed by atoms with Gasteiger partial charge in [0.2, 0.25) is 0 Å². The highest BCUT2D eigenvalue weighted by Gasteiger charge is 2.15. The van der Waals surface area contributed by atoms with E-state index in [-0.39, 0.29) is 6.61 Å². The fourth-order valence-electron chi connectivity index (χ4n) is 3.06. The van der Waals surface area contributed by atoms with E-state index < -0.39 is 11.9 Å². The fraction of sp³-hybridized carbons (Fsp3) is 0.174. The van der Waals surface area contributed by atoms with Crippen LogP contribution in [0.2, 0.25) is 0 Å². The second-order valence-corrected chi connectivity index (χ2v) is 6.52. The molecule has 1 aromatic heterocycles. The number of carbonyl (C=O) groups excluding carboxylic acids is 2. The van der Waals surface area contributed by atoms with E-state index in [4.69, 9.17) is 14.5 Å². The van der Waals surface area contributed by atoms with E-state index in [2.05, 4.69) is 10.1 Å². The summed E-state index contributed by atoms with van der Waals surface area (Å²) >= 11 is 0.